The second kappa shape index (κ2) is 9.44. The Balaban J connectivity index is 1.55. The van der Waals surface area contributed by atoms with Crippen LogP contribution in [0.4, 0.5) is 0 Å². The molecule has 1 aliphatic carbocycles. The van der Waals surface area contributed by atoms with Crippen LogP contribution in [0.5, 0.6) is 0 Å². The highest BCUT2D eigenvalue weighted by atomic mass is 16.4. The van der Waals surface area contributed by atoms with E-state index in [1.807, 2.05) is 49.7 Å². The molecular formula is C26H31N3O5. The molecule has 1 aromatic heterocycles. The van der Waals surface area contributed by atoms with E-state index in [9.17, 15) is 24.3 Å². The molecule has 8 nitrogen and oxygen atoms in total. The first-order valence-electron chi connectivity index (χ1n) is 11.8. The Kier molecular flexibility index (Phi) is 6.59. The second-order valence-electron chi connectivity index (χ2n) is 9.73. The highest BCUT2D eigenvalue weighted by Crippen LogP contribution is 2.38. The maximum absolute atomic E-state index is 13.3. The van der Waals surface area contributed by atoms with Crippen LogP contribution in [0.15, 0.2) is 36.5 Å². The summed E-state index contributed by atoms with van der Waals surface area (Å²) in [6.45, 7) is 5.81. The summed E-state index contributed by atoms with van der Waals surface area (Å²) in [5.74, 6) is -3.36. The molecule has 2 unspecified atom stereocenters. The summed E-state index contributed by atoms with van der Waals surface area (Å²) in [4.78, 5) is 51.1. The van der Waals surface area contributed by atoms with E-state index in [1.54, 1.807) is 12.1 Å². The quantitative estimate of drug-likeness (QED) is 0.606. The van der Waals surface area contributed by atoms with Crippen molar-refractivity contribution >= 4 is 23.6 Å². The standard InChI is InChI=1S/C26H31N3O5/c1-14(2)22(28-24(31)18-7-5-4-6-15(18)3)25(32)27-19-9-8-16-10-11-29-13-17(26(33)34)12-20(30)21(19)23(16)29/h4-7,10-11,14,17,19,21-22H,8-9,12-13H2,1-3H3,(H,27,32)(H,28,31)(H,33,34)/t17-,19-,21?,22?/m0/s1. The predicted octanol–water partition coefficient (Wildman–Crippen LogP) is 2.44. The van der Waals surface area contributed by atoms with Crippen LogP contribution in [0, 0.1) is 18.8 Å². The Morgan fingerprint density at radius 2 is 1.88 bits per heavy atom. The van der Waals surface area contributed by atoms with Gasteiger partial charge in [0.05, 0.1) is 11.8 Å². The molecular weight excluding hydrogens is 434 g/mol. The number of aromatic nitrogens is 1. The molecule has 0 spiro atoms. The fraction of sp³-hybridized carbons (Fsp3) is 0.462. The molecule has 0 fully saturated rings. The van der Waals surface area contributed by atoms with Gasteiger partial charge in [-0.2, -0.15) is 0 Å². The molecule has 34 heavy (non-hydrogen) atoms. The topological polar surface area (TPSA) is 118 Å². The van der Waals surface area contributed by atoms with Gasteiger partial charge < -0.3 is 20.3 Å². The molecule has 0 saturated carbocycles. The number of nitrogens with zero attached hydrogens (tertiary/aromatic N) is 1. The minimum atomic E-state index is -0.992. The van der Waals surface area contributed by atoms with Crippen molar-refractivity contribution in [3.63, 3.8) is 0 Å². The van der Waals surface area contributed by atoms with Crippen molar-refractivity contribution in [3.05, 3.63) is 58.9 Å². The Morgan fingerprint density at radius 3 is 2.56 bits per heavy atom. The molecule has 0 radical (unpaired) electrons. The van der Waals surface area contributed by atoms with Gasteiger partial charge in [0, 0.05) is 36.5 Å². The van der Waals surface area contributed by atoms with Crippen LogP contribution in [-0.4, -0.2) is 45.3 Å². The van der Waals surface area contributed by atoms with Crippen molar-refractivity contribution in [3.8, 4) is 0 Å². The first-order chi connectivity index (χ1) is 16.2. The zero-order valence-corrected chi connectivity index (χ0v) is 19.7. The Labute approximate surface area is 198 Å². The molecule has 1 aliphatic heterocycles. The number of carboxylic acid groups (broad SMARTS) is 1. The smallest absolute Gasteiger partial charge is 0.308 e. The predicted molar refractivity (Wildman–Crippen MR) is 125 cm³/mol. The first-order valence-corrected chi connectivity index (χ1v) is 11.8. The van der Waals surface area contributed by atoms with E-state index in [0.29, 0.717) is 18.4 Å². The first kappa shape index (κ1) is 23.7. The number of amides is 2. The van der Waals surface area contributed by atoms with E-state index in [0.717, 1.165) is 16.8 Å². The Hall–Kier alpha value is -3.42. The second-order valence-corrected chi connectivity index (χ2v) is 9.73. The average molecular weight is 466 g/mol. The van der Waals surface area contributed by atoms with E-state index in [4.69, 9.17) is 0 Å². The highest BCUT2D eigenvalue weighted by Gasteiger charge is 2.42. The average Bonchev–Trinajstić information content (AvgIpc) is 3.11. The molecule has 2 aromatic rings. The SMILES string of the molecule is Cc1ccccc1C(=O)NC(C(=O)N[C@H]1CCc2ccn3c2C1C(=O)C[C@H](C(=O)O)C3)C(C)C. The summed E-state index contributed by atoms with van der Waals surface area (Å²) < 4.78 is 1.86. The number of carbonyl (C=O) groups excluding carboxylic acids is 3. The summed E-state index contributed by atoms with van der Waals surface area (Å²) in [6.07, 6.45) is 3.05. The molecule has 2 heterocycles. The highest BCUT2D eigenvalue weighted by molar-refractivity contribution is 5.99. The zero-order chi connectivity index (χ0) is 24.6. The van der Waals surface area contributed by atoms with Gasteiger partial charge in [-0.25, -0.2) is 0 Å². The van der Waals surface area contributed by atoms with Gasteiger partial charge in [-0.05, 0) is 48.9 Å². The third-order valence-electron chi connectivity index (χ3n) is 7.03. The van der Waals surface area contributed by atoms with Gasteiger partial charge in [-0.3, -0.25) is 19.2 Å². The van der Waals surface area contributed by atoms with Crippen molar-refractivity contribution in [1.29, 1.82) is 0 Å². The van der Waals surface area contributed by atoms with E-state index >= 15 is 0 Å². The molecule has 1 aromatic carbocycles. The lowest BCUT2D eigenvalue weighted by Crippen LogP contribution is -2.54. The summed E-state index contributed by atoms with van der Waals surface area (Å²) in [5, 5.41) is 15.4. The van der Waals surface area contributed by atoms with Crippen LogP contribution in [0.1, 0.15) is 59.8 Å². The van der Waals surface area contributed by atoms with Gasteiger partial charge >= 0.3 is 5.97 Å². The van der Waals surface area contributed by atoms with Gasteiger partial charge in [0.25, 0.3) is 5.91 Å². The van der Waals surface area contributed by atoms with E-state index in [1.165, 1.54) is 0 Å². The minimum absolute atomic E-state index is 0.0644. The largest absolute Gasteiger partial charge is 0.481 e. The number of hydrogen-bond acceptors (Lipinski definition) is 4. The summed E-state index contributed by atoms with van der Waals surface area (Å²) in [7, 11) is 0. The lowest BCUT2D eigenvalue weighted by molar-refractivity contribution is -0.144. The number of Topliss-reactive ketones (excluding diaryl/α,β-unsaturated/α-hetero) is 1. The van der Waals surface area contributed by atoms with Crippen molar-refractivity contribution < 1.29 is 24.3 Å². The summed E-state index contributed by atoms with van der Waals surface area (Å²) in [5.41, 5.74) is 3.18. The number of hydrogen-bond donors (Lipinski definition) is 3. The monoisotopic (exact) mass is 465 g/mol. The number of benzene rings is 1. The molecule has 2 amide bonds. The fourth-order valence-corrected chi connectivity index (χ4v) is 5.17. The lowest BCUT2D eigenvalue weighted by Gasteiger charge is -2.33. The number of aliphatic carboxylic acids is 1. The molecule has 4 rings (SSSR count). The fourth-order valence-electron chi connectivity index (χ4n) is 5.17. The minimum Gasteiger partial charge on any atom is -0.481 e. The molecule has 3 N–H and O–H groups in total. The number of nitrogens with one attached hydrogen (secondary N) is 2. The van der Waals surface area contributed by atoms with Crippen LogP contribution < -0.4 is 10.6 Å². The number of aryl methyl sites for hydroxylation is 2. The van der Waals surface area contributed by atoms with Gasteiger partial charge in [0.1, 0.15) is 11.8 Å². The van der Waals surface area contributed by atoms with E-state index in [-0.39, 0.29) is 36.5 Å². The van der Waals surface area contributed by atoms with Crippen LogP contribution in [0.2, 0.25) is 0 Å². The van der Waals surface area contributed by atoms with E-state index in [2.05, 4.69) is 10.6 Å². The number of carboxylic acids is 1. The maximum Gasteiger partial charge on any atom is 0.308 e. The van der Waals surface area contributed by atoms with Gasteiger partial charge in [0.2, 0.25) is 5.91 Å². The number of carbonyl (C=O) groups is 4. The van der Waals surface area contributed by atoms with Crippen molar-refractivity contribution in [1.82, 2.24) is 15.2 Å². The molecule has 4 atom stereocenters. The van der Waals surface area contributed by atoms with Crippen LogP contribution in [-0.2, 0) is 27.3 Å². The zero-order valence-electron chi connectivity index (χ0n) is 19.7. The molecule has 2 aliphatic rings. The maximum atomic E-state index is 13.3. The van der Waals surface area contributed by atoms with Gasteiger partial charge in [-0.15, -0.1) is 0 Å². The molecule has 8 heteroatoms. The lowest BCUT2D eigenvalue weighted by atomic mass is 9.79. The molecule has 180 valence electrons. The Morgan fingerprint density at radius 1 is 1.15 bits per heavy atom. The molecule has 0 bridgehead atoms. The van der Waals surface area contributed by atoms with Gasteiger partial charge in [0.15, 0.2) is 0 Å². The number of rotatable bonds is 6. The third kappa shape index (κ3) is 4.49. The summed E-state index contributed by atoms with van der Waals surface area (Å²) >= 11 is 0. The van der Waals surface area contributed by atoms with Crippen LogP contribution >= 0.6 is 0 Å². The van der Waals surface area contributed by atoms with Crippen LogP contribution in [0.25, 0.3) is 0 Å². The van der Waals surface area contributed by atoms with Crippen molar-refractivity contribution in [2.24, 2.45) is 11.8 Å². The summed E-state index contributed by atoms with van der Waals surface area (Å²) in [6, 6.07) is 7.92. The van der Waals surface area contributed by atoms with Crippen molar-refractivity contribution in [2.75, 3.05) is 0 Å². The number of ketones is 1. The Bertz CT molecular complexity index is 1140. The van der Waals surface area contributed by atoms with Gasteiger partial charge in [-0.1, -0.05) is 32.0 Å². The van der Waals surface area contributed by atoms with Crippen LogP contribution in [0.3, 0.4) is 0 Å². The van der Waals surface area contributed by atoms with Crippen molar-refractivity contribution in [2.45, 2.75) is 64.6 Å². The normalized spacial score (nSPS) is 22.5. The van der Waals surface area contributed by atoms with E-state index < -0.39 is 29.9 Å². The molecule has 0 saturated heterocycles. The third-order valence-corrected chi connectivity index (χ3v) is 7.03.